The molecule has 0 aliphatic carbocycles. The van der Waals surface area contributed by atoms with E-state index in [1.807, 2.05) is 27.7 Å². The van der Waals surface area contributed by atoms with Gasteiger partial charge in [0.15, 0.2) is 0 Å². The predicted molar refractivity (Wildman–Crippen MR) is 300 cm³/mol. The van der Waals surface area contributed by atoms with Crippen molar-refractivity contribution in [3.63, 3.8) is 0 Å². The Morgan fingerprint density at radius 3 is 1.62 bits per heavy atom. The molecule has 14 N–H and O–H groups in total. The third kappa shape index (κ3) is 20.0. The second-order valence-electron chi connectivity index (χ2n) is 22.5. The molecule has 23 heteroatoms. The Hall–Kier alpha value is -7.89. The molecule has 4 aromatic rings. The number of nitrogens with zero attached hydrogens (tertiary/aromatic N) is 2. The molecule has 440 valence electrons. The second kappa shape index (κ2) is 30.1. The van der Waals surface area contributed by atoms with Crippen LogP contribution in [0.2, 0.25) is 0 Å². The van der Waals surface area contributed by atoms with E-state index in [4.69, 9.17) is 5.73 Å². The van der Waals surface area contributed by atoms with E-state index in [2.05, 4.69) is 47.2 Å². The van der Waals surface area contributed by atoms with Gasteiger partial charge in [-0.25, -0.2) is 4.98 Å². The molecule has 1 saturated heterocycles. The molecule has 0 radical (unpaired) electrons. The number of hydrogen-bond acceptors (Lipinski definition) is 14. The molecule has 1 aromatic heterocycles. The van der Waals surface area contributed by atoms with Crippen molar-refractivity contribution in [3.8, 4) is 11.5 Å². The average molecular weight is 1120 g/mol. The van der Waals surface area contributed by atoms with Crippen molar-refractivity contribution in [1.29, 1.82) is 0 Å². The standard InChI is InChI=1S/C58H81N11O12/c1-33(2)24-41(63-53(77)45(26-35-12-9-8-10-13-35)66-55(79)48-14-11-23-69(48)56(80)46(29-38-30-60-32-61-38)68-57(81)58(5,6)7)50(74)62-42(25-34(3)4)51(75)64-43(27-36-15-19-39(71)20-16-36)52(76)65-44(28-37-17-21-40(72)22-18-37)54(78)67-47(31-70)49(59)73/h8-10,12-13,15-22,30,32-34,41-48,50,62,70-72,74H,11,14,23-29,31H2,1-7H3,(H2,59,73)(H,60,61)(H,63,77)(H,64,75)(H,65,76)(H,66,79)(H,67,78)(H,68,81)/t41?,42-,43-,44-,45-,46-,47-,48-,50?/m0/s1. The minimum Gasteiger partial charge on any atom is -0.508 e. The van der Waals surface area contributed by atoms with Gasteiger partial charge in [-0.15, -0.1) is 0 Å². The number of nitrogens with one attached hydrogen (secondary N) is 8. The number of benzene rings is 3. The van der Waals surface area contributed by atoms with Crippen molar-refractivity contribution in [2.24, 2.45) is 23.0 Å². The number of rotatable bonds is 29. The van der Waals surface area contributed by atoms with Gasteiger partial charge in [0, 0.05) is 49.5 Å². The van der Waals surface area contributed by atoms with Gasteiger partial charge in [-0.3, -0.25) is 43.7 Å². The van der Waals surface area contributed by atoms with E-state index in [0.29, 0.717) is 28.8 Å². The molecule has 0 bridgehead atoms. The topological polar surface area (TPSA) is 360 Å². The molecule has 81 heavy (non-hydrogen) atoms. The SMILES string of the molecule is CC(C)CC(NC(=O)[C@H](Cc1ccccc1)NC(=O)[C@@H]1CCCN1C(=O)[C@H](Cc1cnc[nH]1)NC(=O)C(C)(C)C)C(O)N[C@@H](CC(C)C)C(=O)N[C@@H](Cc1ccc(O)cc1)C(=O)N[C@@H](Cc1ccc(O)cc1)C(=O)N[C@@H](CO)C(N)=O. The van der Waals surface area contributed by atoms with Crippen molar-refractivity contribution in [3.05, 3.63) is 114 Å². The summed E-state index contributed by atoms with van der Waals surface area (Å²) in [7, 11) is 0. The molecule has 1 aliphatic heterocycles. The van der Waals surface area contributed by atoms with Gasteiger partial charge in [0.1, 0.15) is 54.0 Å². The minimum absolute atomic E-state index is 0.0224. The Bertz CT molecular complexity index is 2720. The van der Waals surface area contributed by atoms with Crippen LogP contribution in [0.3, 0.4) is 0 Å². The number of phenolic OH excluding ortho intramolecular Hbond substituents is 2. The van der Waals surface area contributed by atoms with Crippen molar-refractivity contribution in [1.82, 2.24) is 52.1 Å². The summed E-state index contributed by atoms with van der Waals surface area (Å²) in [5.41, 5.74) is 6.85. The first-order chi connectivity index (χ1) is 38.3. The number of amides is 8. The van der Waals surface area contributed by atoms with Gasteiger partial charge in [0.25, 0.3) is 0 Å². The van der Waals surface area contributed by atoms with E-state index in [1.165, 1.54) is 47.6 Å². The number of H-pyrrole nitrogens is 1. The monoisotopic (exact) mass is 1120 g/mol. The number of carbonyl (C=O) groups is 8. The Balaban J connectivity index is 1.39. The molecular formula is C58H81N11O12. The molecule has 9 atom stereocenters. The van der Waals surface area contributed by atoms with E-state index in [1.54, 1.807) is 69.4 Å². The van der Waals surface area contributed by atoms with Crippen LogP contribution in [0.15, 0.2) is 91.4 Å². The molecule has 2 heterocycles. The third-order valence-corrected chi connectivity index (χ3v) is 13.7. The van der Waals surface area contributed by atoms with Crippen LogP contribution in [-0.2, 0) is 64.0 Å². The fourth-order valence-corrected chi connectivity index (χ4v) is 9.30. The summed E-state index contributed by atoms with van der Waals surface area (Å²) >= 11 is 0. The van der Waals surface area contributed by atoms with Crippen molar-refractivity contribution >= 4 is 47.3 Å². The number of carbonyl (C=O) groups excluding carboxylic acids is 8. The highest BCUT2D eigenvalue weighted by atomic mass is 16.3. The second-order valence-corrected chi connectivity index (χ2v) is 22.5. The largest absolute Gasteiger partial charge is 0.508 e. The fourth-order valence-electron chi connectivity index (χ4n) is 9.30. The summed E-state index contributed by atoms with van der Waals surface area (Å²) in [5.74, 6) is -6.00. The molecule has 0 spiro atoms. The summed E-state index contributed by atoms with van der Waals surface area (Å²) in [6.07, 6.45) is 2.29. The maximum absolute atomic E-state index is 14.7. The van der Waals surface area contributed by atoms with Gasteiger partial charge >= 0.3 is 0 Å². The van der Waals surface area contributed by atoms with Crippen molar-refractivity contribution < 1.29 is 58.8 Å². The average Bonchev–Trinajstić information content (AvgIpc) is 4.18. The Morgan fingerprint density at radius 2 is 1.14 bits per heavy atom. The summed E-state index contributed by atoms with van der Waals surface area (Å²) in [5, 5.41) is 61.3. The van der Waals surface area contributed by atoms with Crippen LogP contribution in [-0.4, -0.2) is 150 Å². The van der Waals surface area contributed by atoms with Crippen LogP contribution in [0.25, 0.3) is 0 Å². The molecule has 0 saturated carbocycles. The number of aromatic hydroxyl groups is 2. The molecular weight excluding hydrogens is 1040 g/mol. The Kier molecular flexibility index (Phi) is 23.7. The van der Waals surface area contributed by atoms with Crippen LogP contribution in [0.5, 0.6) is 11.5 Å². The van der Waals surface area contributed by atoms with Gasteiger partial charge < -0.3 is 67.9 Å². The zero-order chi connectivity index (χ0) is 59.6. The first-order valence-corrected chi connectivity index (χ1v) is 27.4. The summed E-state index contributed by atoms with van der Waals surface area (Å²) in [6.45, 7) is 12.0. The van der Waals surface area contributed by atoms with Crippen molar-refractivity contribution in [2.75, 3.05) is 13.2 Å². The first-order valence-electron chi connectivity index (χ1n) is 27.4. The molecule has 2 unspecified atom stereocenters. The number of aliphatic hydroxyl groups is 2. The summed E-state index contributed by atoms with van der Waals surface area (Å²) in [6, 6.07) is 10.8. The normalized spacial score (nSPS) is 16.4. The molecule has 3 aromatic carbocycles. The van der Waals surface area contributed by atoms with Crippen LogP contribution in [0, 0.1) is 17.3 Å². The van der Waals surface area contributed by atoms with E-state index < -0.39 is 108 Å². The lowest BCUT2D eigenvalue weighted by atomic mass is 9.94. The van der Waals surface area contributed by atoms with Gasteiger partial charge in [0.05, 0.1) is 25.0 Å². The number of imidazole rings is 1. The molecule has 5 rings (SSSR count). The number of hydrogen-bond donors (Lipinski definition) is 13. The third-order valence-electron chi connectivity index (χ3n) is 13.7. The van der Waals surface area contributed by atoms with Crippen LogP contribution in [0.1, 0.15) is 96.5 Å². The highest BCUT2D eigenvalue weighted by molar-refractivity contribution is 5.96. The van der Waals surface area contributed by atoms with Crippen LogP contribution in [0.4, 0.5) is 0 Å². The highest BCUT2D eigenvalue weighted by Gasteiger charge is 2.41. The molecule has 1 fully saturated rings. The fraction of sp³-hybridized carbons (Fsp3) is 0.500. The summed E-state index contributed by atoms with van der Waals surface area (Å²) < 4.78 is 0. The van der Waals surface area contributed by atoms with E-state index in [0.717, 1.165) is 0 Å². The molecule has 8 amide bonds. The number of aromatic amines is 1. The number of primary amides is 1. The zero-order valence-electron chi connectivity index (χ0n) is 47.1. The molecule has 23 nitrogen and oxygen atoms in total. The van der Waals surface area contributed by atoms with E-state index in [9.17, 15) is 58.8 Å². The smallest absolute Gasteiger partial charge is 0.246 e. The van der Waals surface area contributed by atoms with E-state index in [-0.39, 0.29) is 80.7 Å². The van der Waals surface area contributed by atoms with Gasteiger partial charge in [-0.2, -0.15) is 0 Å². The molecule has 1 aliphatic rings. The predicted octanol–water partition coefficient (Wildman–Crippen LogP) is 0.884. The lowest BCUT2D eigenvalue weighted by Gasteiger charge is -2.33. The van der Waals surface area contributed by atoms with Gasteiger partial charge in [-0.1, -0.05) is 103 Å². The minimum atomic E-state index is -1.59. The lowest BCUT2D eigenvalue weighted by molar-refractivity contribution is -0.143. The number of likely N-dealkylation sites (tertiary alicyclic amines) is 1. The highest BCUT2D eigenvalue weighted by Crippen LogP contribution is 2.23. The first kappa shape index (κ1) is 63.9. The van der Waals surface area contributed by atoms with Crippen LogP contribution < -0.4 is 43.0 Å². The maximum Gasteiger partial charge on any atom is 0.246 e. The number of aromatic nitrogens is 2. The maximum atomic E-state index is 14.7. The number of phenols is 2. The van der Waals surface area contributed by atoms with Crippen molar-refractivity contribution in [2.45, 2.75) is 154 Å². The lowest BCUT2D eigenvalue weighted by Crippen LogP contribution is -2.62. The Morgan fingerprint density at radius 1 is 0.642 bits per heavy atom. The number of aliphatic hydroxyl groups excluding tert-OH is 2. The van der Waals surface area contributed by atoms with Crippen LogP contribution >= 0.6 is 0 Å². The summed E-state index contributed by atoms with van der Waals surface area (Å²) in [4.78, 5) is 120. The van der Waals surface area contributed by atoms with Gasteiger partial charge in [0.2, 0.25) is 47.3 Å². The zero-order valence-corrected chi connectivity index (χ0v) is 47.1. The number of nitrogens with two attached hydrogens (primary N) is 1. The van der Waals surface area contributed by atoms with Gasteiger partial charge in [-0.05, 0) is 78.5 Å². The quantitative estimate of drug-likeness (QED) is 0.0336. The Labute approximate surface area is 472 Å². The van der Waals surface area contributed by atoms with E-state index >= 15 is 0 Å².